The van der Waals surface area contributed by atoms with E-state index in [-0.39, 0.29) is 5.78 Å². The Bertz CT molecular complexity index is 434. The number of hydrogen-bond acceptors (Lipinski definition) is 3. The van der Waals surface area contributed by atoms with Crippen LogP contribution in [-0.4, -0.2) is 55.4 Å². The molecule has 3 heteroatoms. The minimum atomic E-state index is 0.243. The highest BCUT2D eigenvalue weighted by Crippen LogP contribution is 2.15. The Morgan fingerprint density at radius 1 is 1.32 bits per heavy atom. The summed E-state index contributed by atoms with van der Waals surface area (Å²) in [4.78, 5) is 16.8. The lowest BCUT2D eigenvalue weighted by atomic mass is 10.0. The smallest absolute Gasteiger partial charge is 0.176 e. The topological polar surface area (TPSA) is 23.6 Å². The predicted molar refractivity (Wildman–Crippen MR) is 78.7 cm³/mol. The molecule has 1 fully saturated rings. The van der Waals surface area contributed by atoms with Crippen molar-refractivity contribution in [2.45, 2.75) is 25.8 Å². The van der Waals surface area contributed by atoms with Crippen LogP contribution in [0.3, 0.4) is 0 Å². The summed E-state index contributed by atoms with van der Waals surface area (Å²) in [7, 11) is 4.27. The van der Waals surface area contributed by atoms with Crippen LogP contribution < -0.4 is 0 Å². The molecule has 104 valence electrons. The third kappa shape index (κ3) is 3.88. The Kier molecular flexibility index (Phi) is 4.72. The van der Waals surface area contributed by atoms with Crippen LogP contribution in [0.5, 0.6) is 0 Å². The summed E-state index contributed by atoms with van der Waals surface area (Å²) in [5.41, 5.74) is 1.99. The molecule has 0 atom stereocenters. The zero-order chi connectivity index (χ0) is 13.8. The molecular formula is C16H24N2O. The van der Waals surface area contributed by atoms with Crippen molar-refractivity contribution in [3.05, 3.63) is 35.4 Å². The second-order valence-corrected chi connectivity index (χ2v) is 5.76. The molecule has 0 amide bonds. The van der Waals surface area contributed by atoms with Gasteiger partial charge in [0.05, 0.1) is 6.54 Å². The third-order valence-corrected chi connectivity index (χ3v) is 3.99. The van der Waals surface area contributed by atoms with Gasteiger partial charge in [-0.05, 0) is 39.9 Å². The molecule has 3 nitrogen and oxygen atoms in total. The monoisotopic (exact) mass is 260 g/mol. The highest BCUT2D eigenvalue weighted by molar-refractivity contribution is 5.97. The fourth-order valence-corrected chi connectivity index (χ4v) is 2.71. The van der Waals surface area contributed by atoms with E-state index in [1.54, 1.807) is 0 Å². The van der Waals surface area contributed by atoms with E-state index < -0.39 is 0 Å². The maximum atomic E-state index is 12.2. The number of ketones is 1. The van der Waals surface area contributed by atoms with Crippen LogP contribution in [0, 0.1) is 6.92 Å². The number of carbonyl (C=O) groups excluding carboxylic acids is 1. The molecule has 0 saturated carbocycles. The molecule has 0 spiro atoms. The van der Waals surface area contributed by atoms with Gasteiger partial charge in [0.15, 0.2) is 5.78 Å². The molecule has 0 unspecified atom stereocenters. The second-order valence-electron chi connectivity index (χ2n) is 5.76. The Morgan fingerprint density at radius 2 is 2.00 bits per heavy atom. The summed E-state index contributed by atoms with van der Waals surface area (Å²) in [5.74, 6) is 0.243. The summed E-state index contributed by atoms with van der Waals surface area (Å²) in [6.07, 6.45) is 2.32. The standard InChI is InChI=1S/C16H24N2O/c1-13-5-4-6-14(11-13)16(19)12-18-9-7-15(8-10-18)17(2)3/h4-6,11,15H,7-10,12H2,1-3H3. The second kappa shape index (κ2) is 6.31. The summed E-state index contributed by atoms with van der Waals surface area (Å²) < 4.78 is 0. The lowest BCUT2D eigenvalue weighted by molar-refractivity contribution is 0.0874. The molecule has 2 rings (SSSR count). The molecule has 0 bridgehead atoms. The van der Waals surface area contributed by atoms with Gasteiger partial charge in [0, 0.05) is 24.7 Å². The Labute approximate surface area is 116 Å². The highest BCUT2D eigenvalue weighted by Gasteiger charge is 2.22. The van der Waals surface area contributed by atoms with Crippen molar-refractivity contribution in [1.29, 1.82) is 0 Å². The van der Waals surface area contributed by atoms with Gasteiger partial charge in [-0.1, -0.05) is 23.8 Å². The van der Waals surface area contributed by atoms with Crippen LogP contribution in [0.4, 0.5) is 0 Å². The third-order valence-electron chi connectivity index (χ3n) is 3.99. The summed E-state index contributed by atoms with van der Waals surface area (Å²) in [6.45, 7) is 4.64. The van der Waals surface area contributed by atoms with Gasteiger partial charge in [0.25, 0.3) is 0 Å². The van der Waals surface area contributed by atoms with Gasteiger partial charge in [-0.2, -0.15) is 0 Å². The molecule has 1 saturated heterocycles. The minimum absolute atomic E-state index is 0.243. The number of Topliss-reactive ketones (excluding diaryl/α,β-unsaturated/α-hetero) is 1. The average Bonchev–Trinajstić information content (AvgIpc) is 2.39. The van der Waals surface area contributed by atoms with Crippen LogP contribution in [0.25, 0.3) is 0 Å². The number of aryl methyl sites for hydroxylation is 1. The summed E-state index contributed by atoms with van der Waals surface area (Å²) in [5, 5.41) is 0. The number of carbonyl (C=O) groups is 1. The molecule has 0 N–H and O–H groups in total. The number of piperidine rings is 1. The summed E-state index contributed by atoms with van der Waals surface area (Å²) in [6, 6.07) is 8.56. The quantitative estimate of drug-likeness (QED) is 0.775. The van der Waals surface area contributed by atoms with Gasteiger partial charge < -0.3 is 4.90 Å². The van der Waals surface area contributed by atoms with E-state index in [1.165, 1.54) is 0 Å². The molecule has 0 aromatic heterocycles. The molecule has 1 aromatic carbocycles. The van der Waals surface area contributed by atoms with E-state index in [1.807, 2.05) is 31.2 Å². The van der Waals surface area contributed by atoms with Crippen molar-refractivity contribution in [2.24, 2.45) is 0 Å². The molecule has 1 heterocycles. The largest absolute Gasteiger partial charge is 0.306 e. The van der Waals surface area contributed by atoms with Gasteiger partial charge in [-0.3, -0.25) is 9.69 Å². The molecule has 0 radical (unpaired) electrons. The van der Waals surface area contributed by atoms with Crippen LogP contribution in [0.15, 0.2) is 24.3 Å². The first-order valence-electron chi connectivity index (χ1n) is 7.05. The summed E-state index contributed by atoms with van der Waals surface area (Å²) >= 11 is 0. The normalized spacial score (nSPS) is 17.9. The van der Waals surface area contributed by atoms with E-state index in [0.29, 0.717) is 12.6 Å². The van der Waals surface area contributed by atoms with Crippen LogP contribution in [0.2, 0.25) is 0 Å². The molecular weight excluding hydrogens is 236 g/mol. The Balaban J connectivity index is 1.87. The minimum Gasteiger partial charge on any atom is -0.306 e. The van der Waals surface area contributed by atoms with E-state index in [2.05, 4.69) is 23.9 Å². The van der Waals surface area contributed by atoms with Crippen molar-refractivity contribution < 1.29 is 4.79 Å². The van der Waals surface area contributed by atoms with Crippen molar-refractivity contribution in [3.8, 4) is 0 Å². The molecule has 19 heavy (non-hydrogen) atoms. The van der Waals surface area contributed by atoms with Gasteiger partial charge in [0.2, 0.25) is 0 Å². The molecule has 1 aliphatic heterocycles. The van der Waals surface area contributed by atoms with Crippen molar-refractivity contribution in [1.82, 2.24) is 9.80 Å². The van der Waals surface area contributed by atoms with E-state index in [4.69, 9.17) is 0 Å². The lowest BCUT2D eigenvalue weighted by Gasteiger charge is -2.34. The predicted octanol–water partition coefficient (Wildman–Crippen LogP) is 2.20. The van der Waals surface area contributed by atoms with Gasteiger partial charge in [-0.25, -0.2) is 0 Å². The van der Waals surface area contributed by atoms with Crippen LogP contribution >= 0.6 is 0 Å². The zero-order valence-corrected chi connectivity index (χ0v) is 12.2. The average molecular weight is 260 g/mol. The van der Waals surface area contributed by atoms with E-state index in [0.717, 1.165) is 37.1 Å². The van der Waals surface area contributed by atoms with Crippen LogP contribution in [-0.2, 0) is 0 Å². The molecule has 1 aromatic rings. The van der Waals surface area contributed by atoms with Gasteiger partial charge in [0.1, 0.15) is 0 Å². The Morgan fingerprint density at radius 3 is 2.58 bits per heavy atom. The van der Waals surface area contributed by atoms with Crippen molar-refractivity contribution >= 4 is 5.78 Å². The lowest BCUT2D eigenvalue weighted by Crippen LogP contribution is -2.43. The SMILES string of the molecule is Cc1cccc(C(=O)CN2CCC(N(C)C)CC2)c1. The molecule has 0 aliphatic carbocycles. The van der Waals surface area contributed by atoms with Gasteiger partial charge >= 0.3 is 0 Å². The number of benzene rings is 1. The van der Waals surface area contributed by atoms with E-state index in [9.17, 15) is 4.79 Å². The number of rotatable bonds is 4. The molecule has 1 aliphatic rings. The zero-order valence-electron chi connectivity index (χ0n) is 12.2. The first kappa shape index (κ1) is 14.2. The maximum absolute atomic E-state index is 12.2. The number of hydrogen-bond donors (Lipinski definition) is 0. The number of likely N-dealkylation sites (tertiary alicyclic amines) is 1. The Hall–Kier alpha value is -1.19. The van der Waals surface area contributed by atoms with Crippen LogP contribution in [0.1, 0.15) is 28.8 Å². The first-order valence-corrected chi connectivity index (χ1v) is 7.05. The van der Waals surface area contributed by atoms with Gasteiger partial charge in [-0.15, -0.1) is 0 Å². The fourth-order valence-electron chi connectivity index (χ4n) is 2.71. The first-order chi connectivity index (χ1) is 9.06. The fraction of sp³-hybridized carbons (Fsp3) is 0.562. The van der Waals surface area contributed by atoms with Crippen molar-refractivity contribution in [3.63, 3.8) is 0 Å². The maximum Gasteiger partial charge on any atom is 0.176 e. The van der Waals surface area contributed by atoms with E-state index >= 15 is 0 Å². The highest BCUT2D eigenvalue weighted by atomic mass is 16.1. The van der Waals surface area contributed by atoms with Crippen molar-refractivity contribution in [2.75, 3.05) is 33.7 Å². The number of nitrogens with zero attached hydrogens (tertiary/aromatic N) is 2.